The van der Waals surface area contributed by atoms with E-state index < -0.39 is 17.7 Å². The van der Waals surface area contributed by atoms with Crippen LogP contribution in [0.3, 0.4) is 0 Å². The molecule has 0 aliphatic heterocycles. The highest BCUT2D eigenvalue weighted by atomic mass is 32.2. The summed E-state index contributed by atoms with van der Waals surface area (Å²) < 4.78 is 61.6. The molecule has 1 aromatic carbocycles. The number of pyridine rings is 1. The highest BCUT2D eigenvalue weighted by Gasteiger charge is 2.36. The molecule has 3 aromatic rings. The molecule has 2 heterocycles. The van der Waals surface area contributed by atoms with Gasteiger partial charge in [0.05, 0.1) is 0 Å². The van der Waals surface area contributed by atoms with Crippen molar-refractivity contribution in [2.24, 2.45) is 5.41 Å². The molecule has 0 saturated heterocycles. The number of halogens is 4. The van der Waals surface area contributed by atoms with Gasteiger partial charge in [0.2, 0.25) is 0 Å². The van der Waals surface area contributed by atoms with Gasteiger partial charge in [-0.15, -0.1) is 0 Å². The maximum Gasteiger partial charge on any atom is 0.433 e. The number of aryl methyl sites for hydroxylation is 1. The average Bonchev–Trinajstić information content (AvgIpc) is 3.44. The first-order valence-corrected chi connectivity index (χ1v) is 11.6. The molecule has 0 atom stereocenters. The molecule has 0 spiro atoms. The van der Waals surface area contributed by atoms with Gasteiger partial charge in [-0.2, -0.15) is 13.2 Å². The standard InChI is InChI=1S/C24H27F4N3S/c1-14-5-8-17(22(30-14)24(26,27)28)19-10-21-18(9-20(19)25)15(11-29-32-16-6-7-16)12-31(21)13-23(2,3)4/h5,8-10,12,16,29H,6-7,11,13H2,1-4H3. The van der Waals surface area contributed by atoms with Crippen LogP contribution in [0.2, 0.25) is 0 Å². The topological polar surface area (TPSA) is 29.9 Å². The fourth-order valence-corrected chi connectivity index (χ4v) is 4.63. The number of fused-ring (bicyclic) bond motifs is 1. The van der Waals surface area contributed by atoms with Crippen LogP contribution in [0.1, 0.15) is 50.6 Å². The number of nitrogens with one attached hydrogen (secondary N) is 1. The van der Waals surface area contributed by atoms with Gasteiger partial charge < -0.3 is 4.57 Å². The quantitative estimate of drug-likeness (QED) is 0.311. The van der Waals surface area contributed by atoms with Crippen LogP contribution in [0.5, 0.6) is 0 Å². The molecule has 8 heteroatoms. The summed E-state index contributed by atoms with van der Waals surface area (Å²) in [4.78, 5) is 3.68. The Bertz CT molecular complexity index is 1140. The van der Waals surface area contributed by atoms with E-state index in [1.165, 1.54) is 44.0 Å². The Morgan fingerprint density at radius 1 is 1.12 bits per heavy atom. The average molecular weight is 466 g/mol. The minimum Gasteiger partial charge on any atom is -0.347 e. The second kappa shape index (κ2) is 8.37. The molecule has 4 rings (SSSR count). The Morgan fingerprint density at radius 2 is 1.84 bits per heavy atom. The molecule has 0 bridgehead atoms. The second-order valence-electron chi connectivity index (χ2n) is 9.68. The van der Waals surface area contributed by atoms with Crippen LogP contribution in [0.15, 0.2) is 30.5 Å². The van der Waals surface area contributed by atoms with E-state index in [1.807, 2.05) is 10.8 Å². The Hall–Kier alpha value is -2.06. The third-order valence-electron chi connectivity index (χ3n) is 5.33. The van der Waals surface area contributed by atoms with E-state index >= 15 is 4.39 Å². The Labute approximate surface area is 189 Å². The van der Waals surface area contributed by atoms with Gasteiger partial charge in [-0.3, -0.25) is 4.72 Å². The first-order chi connectivity index (χ1) is 14.9. The molecule has 0 amide bonds. The first kappa shape index (κ1) is 23.1. The van der Waals surface area contributed by atoms with Crippen molar-refractivity contribution in [2.75, 3.05) is 0 Å². The molecule has 1 fully saturated rings. The summed E-state index contributed by atoms with van der Waals surface area (Å²) in [5.74, 6) is -0.682. The van der Waals surface area contributed by atoms with Gasteiger partial charge in [0, 0.05) is 52.3 Å². The van der Waals surface area contributed by atoms with Gasteiger partial charge in [-0.25, -0.2) is 9.37 Å². The van der Waals surface area contributed by atoms with E-state index in [-0.39, 0.29) is 22.2 Å². The van der Waals surface area contributed by atoms with Crippen molar-refractivity contribution in [3.8, 4) is 11.1 Å². The molecule has 1 aliphatic rings. The van der Waals surface area contributed by atoms with E-state index in [4.69, 9.17) is 0 Å². The minimum atomic E-state index is -4.68. The summed E-state index contributed by atoms with van der Waals surface area (Å²) >= 11 is 1.69. The molecule has 1 saturated carbocycles. The Balaban J connectivity index is 1.83. The smallest absolute Gasteiger partial charge is 0.347 e. The van der Waals surface area contributed by atoms with E-state index in [1.54, 1.807) is 11.9 Å². The summed E-state index contributed by atoms with van der Waals surface area (Å²) in [6, 6.07) is 5.69. The molecule has 1 aliphatic carbocycles. The van der Waals surface area contributed by atoms with Crippen LogP contribution in [-0.2, 0) is 19.3 Å². The lowest BCUT2D eigenvalue weighted by Crippen LogP contribution is -2.15. The van der Waals surface area contributed by atoms with Crippen molar-refractivity contribution < 1.29 is 17.6 Å². The van der Waals surface area contributed by atoms with Gasteiger partial charge >= 0.3 is 6.18 Å². The summed E-state index contributed by atoms with van der Waals surface area (Å²) in [6.45, 7) is 8.99. The molecule has 0 radical (unpaired) electrons. The zero-order valence-corrected chi connectivity index (χ0v) is 19.4. The fraction of sp³-hybridized carbons (Fsp3) is 0.458. The summed E-state index contributed by atoms with van der Waals surface area (Å²) in [6.07, 6.45) is -0.288. The fourth-order valence-electron chi connectivity index (χ4n) is 3.79. The van der Waals surface area contributed by atoms with E-state index in [0.29, 0.717) is 23.7 Å². The van der Waals surface area contributed by atoms with Gasteiger partial charge in [0.15, 0.2) is 5.69 Å². The summed E-state index contributed by atoms with van der Waals surface area (Å²) in [7, 11) is 0. The normalized spacial score (nSPS) is 15.0. The van der Waals surface area contributed by atoms with E-state index in [0.717, 1.165) is 11.1 Å². The SMILES string of the molecule is Cc1ccc(-c2cc3c(cc2F)c(CNSC2CC2)cn3CC(C)(C)C)c(C(F)(F)F)n1. The van der Waals surface area contributed by atoms with Crippen LogP contribution >= 0.6 is 11.9 Å². The lowest BCUT2D eigenvalue weighted by molar-refractivity contribution is -0.140. The number of nitrogens with zero attached hydrogens (tertiary/aromatic N) is 2. The van der Waals surface area contributed by atoms with Gasteiger partial charge in [-0.1, -0.05) is 38.8 Å². The van der Waals surface area contributed by atoms with Crippen LogP contribution in [0.25, 0.3) is 22.0 Å². The number of alkyl halides is 3. The number of rotatable bonds is 6. The molecule has 2 aromatic heterocycles. The predicted octanol–water partition coefficient (Wildman–Crippen LogP) is 7.12. The lowest BCUT2D eigenvalue weighted by Gasteiger charge is -2.20. The molecule has 32 heavy (non-hydrogen) atoms. The minimum absolute atomic E-state index is 0.0590. The van der Waals surface area contributed by atoms with Crippen LogP contribution in [0, 0.1) is 18.2 Å². The largest absolute Gasteiger partial charge is 0.433 e. The van der Waals surface area contributed by atoms with Crippen LogP contribution in [-0.4, -0.2) is 14.8 Å². The molecule has 172 valence electrons. The van der Waals surface area contributed by atoms with Gasteiger partial charge in [-0.05, 0) is 48.9 Å². The maximum absolute atomic E-state index is 15.2. The Morgan fingerprint density at radius 3 is 2.47 bits per heavy atom. The zero-order chi connectivity index (χ0) is 23.3. The molecule has 0 unspecified atom stereocenters. The van der Waals surface area contributed by atoms with Crippen LogP contribution in [0.4, 0.5) is 17.6 Å². The summed E-state index contributed by atoms with van der Waals surface area (Å²) in [5, 5.41) is 1.35. The lowest BCUT2D eigenvalue weighted by atomic mass is 9.96. The monoisotopic (exact) mass is 465 g/mol. The third kappa shape index (κ3) is 5.12. The van der Waals surface area contributed by atoms with Crippen molar-refractivity contribution in [2.45, 2.75) is 65.1 Å². The zero-order valence-electron chi connectivity index (χ0n) is 18.6. The highest BCUT2D eigenvalue weighted by Crippen LogP contribution is 2.39. The molecule has 3 nitrogen and oxygen atoms in total. The number of aromatic nitrogens is 2. The number of benzene rings is 1. The van der Waals surface area contributed by atoms with E-state index in [9.17, 15) is 13.2 Å². The number of hydrogen-bond donors (Lipinski definition) is 1. The predicted molar refractivity (Wildman–Crippen MR) is 122 cm³/mol. The van der Waals surface area contributed by atoms with Crippen LogP contribution < -0.4 is 4.72 Å². The maximum atomic E-state index is 15.2. The van der Waals surface area contributed by atoms with Crippen molar-refractivity contribution in [1.29, 1.82) is 0 Å². The first-order valence-electron chi connectivity index (χ1n) is 10.7. The molecular weight excluding hydrogens is 438 g/mol. The summed E-state index contributed by atoms with van der Waals surface area (Å²) in [5.41, 5.74) is 0.440. The van der Waals surface area contributed by atoms with Crippen molar-refractivity contribution >= 4 is 22.9 Å². The Kier molecular flexibility index (Phi) is 6.05. The number of hydrogen-bond acceptors (Lipinski definition) is 3. The van der Waals surface area contributed by atoms with Crippen molar-refractivity contribution in [1.82, 2.24) is 14.3 Å². The van der Waals surface area contributed by atoms with Gasteiger partial charge in [0.1, 0.15) is 5.82 Å². The third-order valence-corrected chi connectivity index (χ3v) is 6.44. The van der Waals surface area contributed by atoms with Crippen molar-refractivity contribution in [3.63, 3.8) is 0 Å². The van der Waals surface area contributed by atoms with Gasteiger partial charge in [0.25, 0.3) is 0 Å². The molecule has 1 N–H and O–H groups in total. The van der Waals surface area contributed by atoms with E-state index in [2.05, 4.69) is 30.5 Å². The highest BCUT2D eigenvalue weighted by molar-refractivity contribution is 7.98. The van der Waals surface area contributed by atoms with Crippen molar-refractivity contribution in [3.05, 3.63) is 53.2 Å². The molecular formula is C24H27F4N3S. The second-order valence-corrected chi connectivity index (χ2v) is 10.9.